The second-order valence-corrected chi connectivity index (χ2v) is 7.68. The Kier molecular flexibility index (Phi) is 3.80. The van der Waals surface area contributed by atoms with Crippen LogP contribution in [0.2, 0.25) is 0 Å². The van der Waals surface area contributed by atoms with Gasteiger partial charge >= 0.3 is 0 Å². The number of amides is 1. The van der Waals surface area contributed by atoms with Crippen LogP contribution in [0.1, 0.15) is 16.0 Å². The molecule has 0 radical (unpaired) electrons. The van der Waals surface area contributed by atoms with E-state index < -0.39 is 0 Å². The van der Waals surface area contributed by atoms with E-state index in [0.29, 0.717) is 6.54 Å². The Hall–Kier alpha value is -2.57. The van der Waals surface area contributed by atoms with E-state index in [1.807, 2.05) is 29.5 Å². The Morgan fingerprint density at radius 2 is 2.08 bits per heavy atom. The molecule has 5 nitrogen and oxygen atoms in total. The molecule has 0 unspecified atom stereocenters. The van der Waals surface area contributed by atoms with Crippen LogP contribution in [-0.4, -0.2) is 18.7 Å². The maximum absolute atomic E-state index is 12.6. The predicted octanol–water partition coefficient (Wildman–Crippen LogP) is 2.96. The molecule has 5 rings (SSSR count). The van der Waals surface area contributed by atoms with Crippen LogP contribution in [-0.2, 0) is 24.3 Å². The molecular weight excluding hydrogens is 348 g/mol. The van der Waals surface area contributed by atoms with E-state index in [-0.39, 0.29) is 18.7 Å². The Labute approximate surface area is 154 Å². The largest absolute Gasteiger partial charge is 0.454 e. The lowest BCUT2D eigenvalue weighted by atomic mass is 9.98. The van der Waals surface area contributed by atoms with Crippen LogP contribution >= 0.6 is 11.3 Å². The van der Waals surface area contributed by atoms with Crippen molar-refractivity contribution in [3.63, 3.8) is 0 Å². The van der Waals surface area contributed by atoms with E-state index in [1.54, 1.807) is 0 Å². The minimum absolute atomic E-state index is 0.0311. The van der Waals surface area contributed by atoms with Crippen molar-refractivity contribution >= 4 is 27.3 Å². The van der Waals surface area contributed by atoms with Gasteiger partial charge in [0.15, 0.2) is 11.5 Å². The van der Waals surface area contributed by atoms with E-state index >= 15 is 0 Å². The van der Waals surface area contributed by atoms with Gasteiger partial charge in [0.25, 0.3) is 0 Å². The molecule has 1 amide bonds. The number of hydrogen-bond acceptors (Lipinski definition) is 5. The van der Waals surface area contributed by atoms with Crippen molar-refractivity contribution in [2.45, 2.75) is 25.6 Å². The SMILES string of the molecule is O=C(NCc1ccc2c(c1)OCO2)[C@@H]1Cc2c(sc3ccccc23)CN1. The molecule has 0 spiro atoms. The van der Waals surface area contributed by atoms with Crippen molar-refractivity contribution in [2.75, 3.05) is 6.79 Å². The number of rotatable bonds is 3. The summed E-state index contributed by atoms with van der Waals surface area (Å²) in [6, 6.07) is 14.0. The Balaban J connectivity index is 1.28. The van der Waals surface area contributed by atoms with E-state index in [0.717, 1.165) is 30.0 Å². The van der Waals surface area contributed by atoms with Crippen molar-refractivity contribution < 1.29 is 14.3 Å². The summed E-state index contributed by atoms with van der Waals surface area (Å²) in [5.41, 5.74) is 2.31. The van der Waals surface area contributed by atoms with Crippen molar-refractivity contribution in [2.24, 2.45) is 0 Å². The van der Waals surface area contributed by atoms with Crippen LogP contribution < -0.4 is 20.1 Å². The van der Waals surface area contributed by atoms with Gasteiger partial charge in [0, 0.05) is 22.7 Å². The molecule has 0 saturated carbocycles. The second-order valence-electron chi connectivity index (χ2n) is 6.54. The number of carbonyl (C=O) groups is 1. The van der Waals surface area contributed by atoms with E-state index in [4.69, 9.17) is 9.47 Å². The molecular formula is C20H18N2O3S. The van der Waals surface area contributed by atoms with Gasteiger partial charge in [0.1, 0.15) is 0 Å². The van der Waals surface area contributed by atoms with Crippen LogP contribution in [0.5, 0.6) is 11.5 Å². The van der Waals surface area contributed by atoms with Crippen LogP contribution in [0, 0.1) is 0 Å². The first-order valence-electron chi connectivity index (χ1n) is 8.67. The fourth-order valence-electron chi connectivity index (χ4n) is 3.56. The molecule has 0 aliphatic carbocycles. The first-order valence-corrected chi connectivity index (χ1v) is 9.48. The Bertz CT molecular complexity index is 998. The summed E-state index contributed by atoms with van der Waals surface area (Å²) in [4.78, 5) is 14.0. The molecule has 0 bridgehead atoms. The van der Waals surface area contributed by atoms with Gasteiger partial charge < -0.3 is 20.1 Å². The predicted molar refractivity (Wildman–Crippen MR) is 101 cm³/mol. The van der Waals surface area contributed by atoms with Gasteiger partial charge in [-0.25, -0.2) is 0 Å². The van der Waals surface area contributed by atoms with Crippen LogP contribution in [0.3, 0.4) is 0 Å². The molecule has 1 atom stereocenters. The third-order valence-corrected chi connectivity index (χ3v) is 6.13. The molecule has 26 heavy (non-hydrogen) atoms. The lowest BCUT2D eigenvalue weighted by molar-refractivity contribution is -0.123. The number of nitrogens with one attached hydrogen (secondary N) is 2. The summed E-state index contributed by atoms with van der Waals surface area (Å²) in [6.07, 6.45) is 0.728. The molecule has 2 N–H and O–H groups in total. The normalized spacial score (nSPS) is 17.9. The lowest BCUT2D eigenvalue weighted by Gasteiger charge is -2.23. The third kappa shape index (κ3) is 2.71. The highest BCUT2D eigenvalue weighted by molar-refractivity contribution is 7.19. The highest BCUT2D eigenvalue weighted by Gasteiger charge is 2.27. The van der Waals surface area contributed by atoms with Gasteiger partial charge in [-0.3, -0.25) is 4.79 Å². The fraction of sp³-hybridized carbons (Fsp3) is 0.250. The molecule has 0 fully saturated rings. The molecule has 6 heteroatoms. The van der Waals surface area contributed by atoms with Gasteiger partial charge in [0.05, 0.1) is 6.04 Å². The summed E-state index contributed by atoms with van der Waals surface area (Å²) in [7, 11) is 0. The van der Waals surface area contributed by atoms with Crippen molar-refractivity contribution in [3.8, 4) is 11.5 Å². The van der Waals surface area contributed by atoms with Crippen LogP contribution in [0.25, 0.3) is 10.1 Å². The van der Waals surface area contributed by atoms with Gasteiger partial charge in [-0.2, -0.15) is 0 Å². The second kappa shape index (κ2) is 6.30. The number of ether oxygens (including phenoxy) is 2. The quantitative estimate of drug-likeness (QED) is 0.748. The van der Waals surface area contributed by atoms with Crippen LogP contribution in [0.15, 0.2) is 42.5 Å². The minimum atomic E-state index is -0.200. The Morgan fingerprint density at radius 3 is 3.04 bits per heavy atom. The highest BCUT2D eigenvalue weighted by Crippen LogP contribution is 2.34. The first kappa shape index (κ1) is 15.7. The standard InChI is InChI=1S/C20H18N2O3S/c23-20(22-9-12-5-6-16-17(7-12)25-11-24-16)15-8-14-13-3-1-2-4-18(13)26-19(14)10-21-15/h1-7,15,21H,8-11H2,(H,22,23)/t15-/m0/s1. The van der Waals surface area contributed by atoms with E-state index in [2.05, 4.69) is 34.9 Å². The molecule has 0 saturated heterocycles. The number of fused-ring (bicyclic) bond motifs is 4. The summed E-state index contributed by atoms with van der Waals surface area (Å²) < 4.78 is 12.0. The zero-order valence-electron chi connectivity index (χ0n) is 14.1. The number of hydrogen-bond donors (Lipinski definition) is 2. The average molecular weight is 366 g/mol. The molecule has 3 heterocycles. The smallest absolute Gasteiger partial charge is 0.237 e. The molecule has 3 aromatic rings. The Morgan fingerprint density at radius 1 is 1.19 bits per heavy atom. The summed E-state index contributed by atoms with van der Waals surface area (Å²) in [5.74, 6) is 1.52. The maximum Gasteiger partial charge on any atom is 0.237 e. The number of benzene rings is 2. The zero-order chi connectivity index (χ0) is 17.5. The lowest BCUT2D eigenvalue weighted by Crippen LogP contribution is -2.47. The monoisotopic (exact) mass is 366 g/mol. The molecule has 2 aliphatic rings. The highest BCUT2D eigenvalue weighted by atomic mass is 32.1. The van der Waals surface area contributed by atoms with Crippen molar-refractivity contribution in [1.29, 1.82) is 0 Å². The van der Waals surface area contributed by atoms with Gasteiger partial charge in [-0.05, 0) is 41.1 Å². The molecule has 132 valence electrons. The molecule has 2 aliphatic heterocycles. The van der Waals surface area contributed by atoms with Crippen LogP contribution in [0.4, 0.5) is 0 Å². The molecule has 1 aromatic heterocycles. The minimum Gasteiger partial charge on any atom is -0.454 e. The summed E-state index contributed by atoms with van der Waals surface area (Å²) in [5, 5.41) is 7.68. The van der Waals surface area contributed by atoms with Gasteiger partial charge in [-0.15, -0.1) is 11.3 Å². The van der Waals surface area contributed by atoms with Crippen molar-refractivity contribution in [3.05, 3.63) is 58.5 Å². The first-order chi connectivity index (χ1) is 12.8. The third-order valence-electron chi connectivity index (χ3n) is 4.92. The summed E-state index contributed by atoms with van der Waals surface area (Å²) in [6.45, 7) is 1.48. The summed E-state index contributed by atoms with van der Waals surface area (Å²) >= 11 is 1.82. The topological polar surface area (TPSA) is 59.6 Å². The zero-order valence-corrected chi connectivity index (χ0v) is 14.9. The van der Waals surface area contributed by atoms with Crippen molar-refractivity contribution in [1.82, 2.24) is 10.6 Å². The average Bonchev–Trinajstić information content (AvgIpc) is 3.29. The fourth-order valence-corrected chi connectivity index (χ4v) is 4.74. The van der Waals surface area contributed by atoms with Gasteiger partial charge in [-0.1, -0.05) is 24.3 Å². The number of carbonyl (C=O) groups excluding carboxylic acids is 1. The van der Waals surface area contributed by atoms with Gasteiger partial charge in [0.2, 0.25) is 12.7 Å². The maximum atomic E-state index is 12.6. The number of thiophene rings is 1. The van der Waals surface area contributed by atoms with E-state index in [9.17, 15) is 4.79 Å². The van der Waals surface area contributed by atoms with E-state index in [1.165, 1.54) is 20.5 Å². The molecule has 2 aromatic carbocycles.